The van der Waals surface area contributed by atoms with Gasteiger partial charge in [0.2, 0.25) is 0 Å². The van der Waals surface area contributed by atoms with Gasteiger partial charge in [-0.15, -0.1) is 0 Å². The minimum absolute atomic E-state index is 0.692. The molecule has 3 aromatic rings. The molecule has 0 unspecified atom stereocenters. The predicted molar refractivity (Wildman–Crippen MR) is 87.5 cm³/mol. The highest BCUT2D eigenvalue weighted by atomic mass is 32.2. The fourth-order valence-corrected chi connectivity index (χ4v) is 3.67. The van der Waals surface area contributed by atoms with Gasteiger partial charge < -0.3 is 9.88 Å². The maximum Gasteiger partial charge on any atom is 0.168 e. The van der Waals surface area contributed by atoms with Crippen molar-refractivity contribution in [3.63, 3.8) is 0 Å². The third kappa shape index (κ3) is 2.16. The van der Waals surface area contributed by atoms with Crippen molar-refractivity contribution in [1.82, 2.24) is 24.1 Å². The quantitative estimate of drug-likeness (QED) is 0.805. The third-order valence-corrected chi connectivity index (χ3v) is 4.96. The summed E-state index contributed by atoms with van der Waals surface area (Å²) in [5.41, 5.74) is 5.11. The van der Waals surface area contributed by atoms with Crippen LogP contribution < -0.4 is 5.32 Å². The van der Waals surface area contributed by atoms with E-state index in [1.54, 1.807) is 0 Å². The standard InChI is InChI=1S/C15H18N6S/c1-9-6-13(21-14(17-9)10(2)11(3)19-21)16-7-12-8-20-4-5-22-15(20)18-12/h6,8,16H,4-5,7H2,1-3H3. The fraction of sp³-hybridized carbons (Fsp3) is 0.400. The summed E-state index contributed by atoms with van der Waals surface area (Å²) in [6.45, 7) is 7.83. The van der Waals surface area contributed by atoms with Crippen LogP contribution in [-0.4, -0.2) is 29.9 Å². The molecule has 22 heavy (non-hydrogen) atoms. The Morgan fingerprint density at radius 3 is 2.95 bits per heavy atom. The van der Waals surface area contributed by atoms with Gasteiger partial charge in [0, 0.05) is 35.8 Å². The van der Waals surface area contributed by atoms with Gasteiger partial charge in [-0.3, -0.25) is 0 Å². The number of fused-ring (bicyclic) bond motifs is 2. The van der Waals surface area contributed by atoms with Crippen LogP contribution in [0.4, 0.5) is 5.82 Å². The first kappa shape index (κ1) is 13.6. The summed E-state index contributed by atoms with van der Waals surface area (Å²) in [6.07, 6.45) is 2.13. The summed E-state index contributed by atoms with van der Waals surface area (Å²) >= 11 is 1.82. The first-order valence-electron chi connectivity index (χ1n) is 7.38. The summed E-state index contributed by atoms with van der Waals surface area (Å²) < 4.78 is 4.10. The summed E-state index contributed by atoms with van der Waals surface area (Å²) in [7, 11) is 0. The topological polar surface area (TPSA) is 60.0 Å². The number of imidazole rings is 1. The lowest BCUT2D eigenvalue weighted by Gasteiger charge is -2.08. The predicted octanol–water partition coefficient (Wildman–Crippen LogP) is 2.57. The molecule has 1 aliphatic heterocycles. The summed E-state index contributed by atoms with van der Waals surface area (Å²) in [5, 5.41) is 9.15. The van der Waals surface area contributed by atoms with Crippen LogP contribution in [0.2, 0.25) is 0 Å². The second kappa shape index (κ2) is 5.01. The molecule has 6 nitrogen and oxygen atoms in total. The van der Waals surface area contributed by atoms with Crippen LogP contribution in [0.5, 0.6) is 0 Å². The van der Waals surface area contributed by atoms with E-state index in [0.29, 0.717) is 6.54 Å². The van der Waals surface area contributed by atoms with Crippen LogP contribution in [0.25, 0.3) is 5.65 Å². The molecular formula is C15H18N6S. The van der Waals surface area contributed by atoms with Gasteiger partial charge in [0.1, 0.15) is 5.82 Å². The van der Waals surface area contributed by atoms with Crippen molar-refractivity contribution in [1.29, 1.82) is 0 Å². The van der Waals surface area contributed by atoms with Crippen molar-refractivity contribution < 1.29 is 0 Å². The van der Waals surface area contributed by atoms with Crippen molar-refractivity contribution in [3.8, 4) is 0 Å². The Kier molecular flexibility index (Phi) is 3.11. The Hall–Kier alpha value is -2.02. The number of aryl methyl sites for hydroxylation is 4. The molecule has 0 bridgehead atoms. The van der Waals surface area contributed by atoms with Gasteiger partial charge in [-0.1, -0.05) is 11.8 Å². The van der Waals surface area contributed by atoms with E-state index < -0.39 is 0 Å². The van der Waals surface area contributed by atoms with E-state index in [4.69, 9.17) is 0 Å². The lowest BCUT2D eigenvalue weighted by Crippen LogP contribution is -2.07. The number of thioether (sulfide) groups is 1. The number of nitrogens with zero attached hydrogens (tertiary/aromatic N) is 5. The molecule has 4 rings (SSSR count). The molecule has 0 saturated carbocycles. The van der Waals surface area contributed by atoms with E-state index in [1.807, 2.05) is 36.2 Å². The monoisotopic (exact) mass is 314 g/mol. The van der Waals surface area contributed by atoms with E-state index in [0.717, 1.165) is 51.6 Å². The average Bonchev–Trinajstić information content (AvgIpc) is 3.13. The number of hydrogen-bond acceptors (Lipinski definition) is 5. The highest BCUT2D eigenvalue weighted by Crippen LogP contribution is 2.25. The van der Waals surface area contributed by atoms with Gasteiger partial charge >= 0.3 is 0 Å². The van der Waals surface area contributed by atoms with Crippen LogP contribution >= 0.6 is 11.8 Å². The Morgan fingerprint density at radius 1 is 1.27 bits per heavy atom. The molecule has 1 N–H and O–H groups in total. The molecule has 7 heteroatoms. The minimum atomic E-state index is 0.692. The lowest BCUT2D eigenvalue weighted by atomic mass is 10.3. The largest absolute Gasteiger partial charge is 0.364 e. The van der Waals surface area contributed by atoms with E-state index >= 15 is 0 Å². The maximum absolute atomic E-state index is 4.65. The molecule has 0 saturated heterocycles. The zero-order valence-electron chi connectivity index (χ0n) is 12.9. The number of aromatic nitrogens is 5. The van der Waals surface area contributed by atoms with Crippen molar-refractivity contribution >= 4 is 23.2 Å². The Balaban J connectivity index is 1.64. The smallest absolute Gasteiger partial charge is 0.168 e. The van der Waals surface area contributed by atoms with Crippen LogP contribution in [0.15, 0.2) is 17.4 Å². The van der Waals surface area contributed by atoms with Gasteiger partial charge in [-0.25, -0.2) is 9.97 Å². The molecule has 0 radical (unpaired) electrons. The molecule has 0 atom stereocenters. The van der Waals surface area contributed by atoms with Crippen molar-refractivity contribution in [3.05, 3.63) is 34.9 Å². The molecule has 1 aliphatic rings. The van der Waals surface area contributed by atoms with Gasteiger partial charge in [0.15, 0.2) is 10.8 Å². The molecule has 0 aromatic carbocycles. The van der Waals surface area contributed by atoms with E-state index in [-0.39, 0.29) is 0 Å². The molecule has 114 valence electrons. The second-order valence-corrected chi connectivity index (χ2v) is 6.70. The Morgan fingerprint density at radius 2 is 2.14 bits per heavy atom. The third-order valence-electron chi connectivity index (χ3n) is 3.99. The molecule has 0 fully saturated rings. The van der Waals surface area contributed by atoms with Crippen LogP contribution in [0.3, 0.4) is 0 Å². The normalized spacial score (nSPS) is 13.8. The maximum atomic E-state index is 4.65. The fourth-order valence-electron chi connectivity index (χ4n) is 2.70. The van der Waals surface area contributed by atoms with Crippen LogP contribution in [0.1, 0.15) is 22.6 Å². The lowest BCUT2D eigenvalue weighted by molar-refractivity contribution is 0.719. The number of rotatable bonds is 3. The average molecular weight is 314 g/mol. The zero-order valence-corrected chi connectivity index (χ0v) is 13.7. The molecule has 0 spiro atoms. The highest BCUT2D eigenvalue weighted by molar-refractivity contribution is 7.99. The first-order chi connectivity index (χ1) is 10.6. The highest BCUT2D eigenvalue weighted by Gasteiger charge is 2.15. The van der Waals surface area contributed by atoms with E-state index in [1.165, 1.54) is 0 Å². The zero-order chi connectivity index (χ0) is 15.3. The number of anilines is 1. The Labute approximate surface area is 133 Å². The molecule has 0 amide bonds. The molecular weight excluding hydrogens is 296 g/mol. The molecule has 0 aliphatic carbocycles. The first-order valence-corrected chi connectivity index (χ1v) is 8.36. The van der Waals surface area contributed by atoms with Crippen LogP contribution in [0, 0.1) is 20.8 Å². The summed E-state index contributed by atoms with van der Waals surface area (Å²) in [6, 6.07) is 2.03. The number of nitrogens with one attached hydrogen (secondary N) is 1. The Bertz CT molecular complexity index is 841. The molecule has 4 heterocycles. The van der Waals surface area contributed by atoms with Crippen molar-refractivity contribution in [2.24, 2.45) is 0 Å². The minimum Gasteiger partial charge on any atom is -0.364 e. The van der Waals surface area contributed by atoms with Gasteiger partial charge in [-0.2, -0.15) is 9.61 Å². The van der Waals surface area contributed by atoms with Gasteiger partial charge in [0.05, 0.1) is 17.9 Å². The SMILES string of the molecule is Cc1cc(NCc2cn3c(n2)SCC3)n2nc(C)c(C)c2n1. The van der Waals surface area contributed by atoms with Crippen molar-refractivity contribution in [2.45, 2.75) is 39.0 Å². The summed E-state index contributed by atoms with van der Waals surface area (Å²) in [4.78, 5) is 9.24. The summed E-state index contributed by atoms with van der Waals surface area (Å²) in [5.74, 6) is 2.09. The van der Waals surface area contributed by atoms with Crippen LogP contribution in [-0.2, 0) is 13.1 Å². The molecule has 3 aromatic heterocycles. The van der Waals surface area contributed by atoms with Gasteiger partial charge in [0.25, 0.3) is 0 Å². The van der Waals surface area contributed by atoms with Crippen molar-refractivity contribution in [2.75, 3.05) is 11.1 Å². The van der Waals surface area contributed by atoms with Gasteiger partial charge in [-0.05, 0) is 20.8 Å². The second-order valence-electron chi connectivity index (χ2n) is 5.64. The van der Waals surface area contributed by atoms with E-state index in [2.05, 4.69) is 38.1 Å². The number of hydrogen-bond donors (Lipinski definition) is 1. The van der Waals surface area contributed by atoms with E-state index in [9.17, 15) is 0 Å².